The molecule has 29 heavy (non-hydrogen) atoms. The Morgan fingerprint density at radius 1 is 1.10 bits per heavy atom. The molecule has 0 radical (unpaired) electrons. The number of amides is 1. The SMILES string of the molecule is Cn1ccc(=O)c(OCc2ccccc2)c1C(=O)N1CCc2ccc(O)cc2C1. The number of fused-ring (bicyclic) bond motifs is 1. The van der Waals surface area contributed by atoms with E-state index in [0.717, 1.165) is 16.7 Å². The molecule has 6 heteroatoms. The van der Waals surface area contributed by atoms with Gasteiger partial charge in [0.15, 0.2) is 11.4 Å². The fourth-order valence-corrected chi connectivity index (χ4v) is 3.59. The van der Waals surface area contributed by atoms with Crippen LogP contribution in [0.1, 0.15) is 27.2 Å². The molecular weight excluding hydrogens is 368 g/mol. The van der Waals surface area contributed by atoms with Crippen molar-refractivity contribution in [3.63, 3.8) is 0 Å². The molecule has 148 valence electrons. The first-order chi connectivity index (χ1) is 14.0. The van der Waals surface area contributed by atoms with Crippen LogP contribution in [0.2, 0.25) is 0 Å². The predicted octanol–water partition coefficient (Wildman–Crippen LogP) is 2.87. The van der Waals surface area contributed by atoms with Crippen molar-refractivity contribution in [2.24, 2.45) is 7.05 Å². The van der Waals surface area contributed by atoms with Crippen LogP contribution in [-0.2, 0) is 26.6 Å². The number of rotatable bonds is 4. The molecule has 6 nitrogen and oxygen atoms in total. The second-order valence-corrected chi connectivity index (χ2v) is 7.17. The number of hydrogen-bond acceptors (Lipinski definition) is 4. The van der Waals surface area contributed by atoms with Gasteiger partial charge in [0, 0.05) is 32.4 Å². The monoisotopic (exact) mass is 390 g/mol. The largest absolute Gasteiger partial charge is 0.508 e. The van der Waals surface area contributed by atoms with Gasteiger partial charge in [-0.2, -0.15) is 0 Å². The second kappa shape index (κ2) is 7.83. The summed E-state index contributed by atoms with van der Waals surface area (Å²) in [4.78, 5) is 27.5. The molecule has 0 bridgehead atoms. The van der Waals surface area contributed by atoms with E-state index in [1.165, 1.54) is 6.07 Å². The summed E-state index contributed by atoms with van der Waals surface area (Å²) in [7, 11) is 1.73. The molecule has 1 aromatic heterocycles. The summed E-state index contributed by atoms with van der Waals surface area (Å²) in [6.45, 7) is 1.12. The molecule has 1 N–H and O–H groups in total. The molecule has 3 aromatic rings. The lowest BCUT2D eigenvalue weighted by molar-refractivity contribution is 0.0717. The Labute approximate surface area is 168 Å². The maximum absolute atomic E-state index is 13.3. The number of aromatic hydroxyl groups is 1. The second-order valence-electron chi connectivity index (χ2n) is 7.17. The van der Waals surface area contributed by atoms with Gasteiger partial charge in [-0.15, -0.1) is 0 Å². The molecule has 0 unspecified atom stereocenters. The van der Waals surface area contributed by atoms with Crippen molar-refractivity contribution in [3.8, 4) is 11.5 Å². The van der Waals surface area contributed by atoms with Crippen LogP contribution in [0.5, 0.6) is 11.5 Å². The first kappa shape index (κ1) is 18.8. The highest BCUT2D eigenvalue weighted by molar-refractivity contribution is 5.95. The number of nitrogens with zero attached hydrogens (tertiary/aromatic N) is 2. The lowest BCUT2D eigenvalue weighted by Gasteiger charge is -2.30. The van der Waals surface area contributed by atoms with Crippen LogP contribution < -0.4 is 10.2 Å². The Balaban J connectivity index is 1.63. The van der Waals surface area contributed by atoms with E-state index in [9.17, 15) is 14.7 Å². The van der Waals surface area contributed by atoms with E-state index in [0.29, 0.717) is 19.5 Å². The van der Waals surface area contributed by atoms with Crippen molar-refractivity contribution >= 4 is 5.91 Å². The van der Waals surface area contributed by atoms with E-state index in [2.05, 4.69) is 0 Å². The number of carbonyl (C=O) groups is 1. The van der Waals surface area contributed by atoms with Gasteiger partial charge in [0.05, 0.1) is 0 Å². The molecule has 0 aliphatic carbocycles. The highest BCUT2D eigenvalue weighted by Crippen LogP contribution is 2.25. The minimum atomic E-state index is -0.322. The standard InChI is InChI=1S/C23H22N2O4/c1-24-11-10-20(27)22(29-15-16-5-3-2-4-6-16)21(24)23(28)25-12-9-17-7-8-19(26)13-18(17)14-25/h2-8,10-11,13,26H,9,12,14-15H2,1H3. The van der Waals surface area contributed by atoms with Crippen molar-refractivity contribution < 1.29 is 14.6 Å². The van der Waals surface area contributed by atoms with Crippen LogP contribution in [0, 0.1) is 0 Å². The van der Waals surface area contributed by atoms with E-state index < -0.39 is 0 Å². The molecule has 0 saturated heterocycles. The number of aromatic nitrogens is 1. The summed E-state index contributed by atoms with van der Waals surface area (Å²) in [6, 6.07) is 16.2. The van der Waals surface area contributed by atoms with Crippen LogP contribution in [0.25, 0.3) is 0 Å². The van der Waals surface area contributed by atoms with Crippen molar-refractivity contribution in [2.45, 2.75) is 19.6 Å². The quantitative estimate of drug-likeness (QED) is 0.744. The van der Waals surface area contributed by atoms with Gasteiger partial charge in [-0.25, -0.2) is 0 Å². The first-order valence-corrected chi connectivity index (χ1v) is 9.49. The molecule has 1 amide bonds. The number of carbonyl (C=O) groups excluding carboxylic acids is 1. The Hall–Kier alpha value is -3.54. The lowest BCUT2D eigenvalue weighted by atomic mass is 9.99. The predicted molar refractivity (Wildman–Crippen MR) is 109 cm³/mol. The number of phenolic OH excluding ortho intramolecular Hbond substituents is 1. The van der Waals surface area contributed by atoms with E-state index >= 15 is 0 Å². The summed E-state index contributed by atoms with van der Waals surface area (Å²) >= 11 is 0. The number of ether oxygens (including phenoxy) is 1. The number of aryl methyl sites for hydroxylation is 1. The summed E-state index contributed by atoms with van der Waals surface area (Å²) in [6.07, 6.45) is 2.27. The maximum atomic E-state index is 13.3. The smallest absolute Gasteiger partial charge is 0.274 e. The summed E-state index contributed by atoms with van der Waals surface area (Å²) in [5.74, 6) is -0.0233. The summed E-state index contributed by atoms with van der Waals surface area (Å²) in [5.41, 5.74) is 2.86. The molecule has 2 aromatic carbocycles. The summed E-state index contributed by atoms with van der Waals surface area (Å²) < 4.78 is 7.44. The van der Waals surface area contributed by atoms with Gasteiger partial charge in [-0.05, 0) is 35.2 Å². The Bertz CT molecular complexity index is 1110. The van der Waals surface area contributed by atoms with Crippen molar-refractivity contribution in [1.29, 1.82) is 0 Å². The van der Waals surface area contributed by atoms with E-state index in [1.54, 1.807) is 34.8 Å². The molecule has 0 fully saturated rings. The average Bonchev–Trinajstić information content (AvgIpc) is 2.74. The fraction of sp³-hybridized carbons (Fsp3) is 0.217. The Kier molecular flexibility index (Phi) is 5.08. The van der Waals surface area contributed by atoms with Crippen LogP contribution in [0.3, 0.4) is 0 Å². The van der Waals surface area contributed by atoms with Gasteiger partial charge in [0.25, 0.3) is 5.91 Å². The van der Waals surface area contributed by atoms with Gasteiger partial charge in [0.1, 0.15) is 12.4 Å². The minimum Gasteiger partial charge on any atom is -0.508 e. The normalized spacial score (nSPS) is 13.1. The third-order valence-electron chi connectivity index (χ3n) is 5.16. The van der Waals surface area contributed by atoms with Crippen molar-refractivity contribution in [2.75, 3.05) is 6.54 Å². The Morgan fingerprint density at radius 3 is 2.69 bits per heavy atom. The zero-order valence-corrected chi connectivity index (χ0v) is 16.2. The number of pyridine rings is 1. The third kappa shape index (κ3) is 3.87. The van der Waals surface area contributed by atoms with Crippen molar-refractivity contribution in [1.82, 2.24) is 9.47 Å². The van der Waals surface area contributed by atoms with Gasteiger partial charge >= 0.3 is 0 Å². The number of hydrogen-bond donors (Lipinski definition) is 1. The zero-order chi connectivity index (χ0) is 20.4. The van der Waals surface area contributed by atoms with Crippen molar-refractivity contribution in [3.05, 3.63) is 93.4 Å². The maximum Gasteiger partial charge on any atom is 0.274 e. The average molecular weight is 390 g/mol. The molecule has 0 spiro atoms. The Morgan fingerprint density at radius 2 is 1.90 bits per heavy atom. The van der Waals surface area contributed by atoms with Gasteiger partial charge in [-0.1, -0.05) is 36.4 Å². The minimum absolute atomic E-state index is 0.0607. The first-order valence-electron chi connectivity index (χ1n) is 9.49. The van der Waals surface area contributed by atoms with E-state index in [4.69, 9.17) is 4.74 Å². The van der Waals surface area contributed by atoms with E-state index in [1.807, 2.05) is 36.4 Å². The molecule has 1 aliphatic rings. The highest BCUT2D eigenvalue weighted by Gasteiger charge is 2.27. The van der Waals surface area contributed by atoms with Gasteiger partial charge < -0.3 is 19.3 Å². The van der Waals surface area contributed by atoms with Gasteiger partial charge in [-0.3, -0.25) is 9.59 Å². The fourth-order valence-electron chi connectivity index (χ4n) is 3.59. The van der Waals surface area contributed by atoms with Crippen LogP contribution in [0.15, 0.2) is 65.6 Å². The molecule has 0 saturated carbocycles. The van der Waals surface area contributed by atoms with Gasteiger partial charge in [0.2, 0.25) is 5.43 Å². The molecule has 2 heterocycles. The number of phenols is 1. The molecule has 4 rings (SSSR count). The number of benzene rings is 2. The third-order valence-corrected chi connectivity index (χ3v) is 5.16. The molecule has 1 aliphatic heterocycles. The van der Waals surface area contributed by atoms with Crippen LogP contribution in [0.4, 0.5) is 0 Å². The summed E-state index contributed by atoms with van der Waals surface area (Å²) in [5, 5.41) is 9.76. The lowest BCUT2D eigenvalue weighted by Crippen LogP contribution is -2.38. The van der Waals surface area contributed by atoms with Crippen LogP contribution >= 0.6 is 0 Å². The molecular formula is C23H22N2O4. The van der Waals surface area contributed by atoms with Crippen LogP contribution in [-0.4, -0.2) is 27.0 Å². The topological polar surface area (TPSA) is 71.8 Å². The highest BCUT2D eigenvalue weighted by atomic mass is 16.5. The molecule has 0 atom stereocenters. The zero-order valence-electron chi connectivity index (χ0n) is 16.2. The van der Waals surface area contributed by atoms with E-state index in [-0.39, 0.29) is 35.1 Å².